The maximum Gasteiger partial charge on any atom is 0.416 e. The van der Waals surface area contributed by atoms with E-state index in [0.29, 0.717) is 12.4 Å². The standard InChI is InChI=1S/C12H15F3N2/c1-16-6-3-7-17(9-16)11-5-2-4-10(8-11)12(13,14)15/h2,4-5,8H,3,6-7,9H2,1H3. The molecule has 2 nitrogen and oxygen atoms in total. The Morgan fingerprint density at radius 1 is 1.18 bits per heavy atom. The Morgan fingerprint density at radius 2 is 1.94 bits per heavy atom. The normalized spacial score (nSPS) is 18.5. The topological polar surface area (TPSA) is 6.48 Å². The van der Waals surface area contributed by atoms with Crippen molar-refractivity contribution in [2.75, 3.05) is 31.7 Å². The van der Waals surface area contributed by atoms with E-state index in [-0.39, 0.29) is 0 Å². The lowest BCUT2D eigenvalue weighted by molar-refractivity contribution is -0.137. The van der Waals surface area contributed by atoms with Gasteiger partial charge in [0.15, 0.2) is 0 Å². The molecule has 0 radical (unpaired) electrons. The molecule has 1 heterocycles. The first-order valence-corrected chi connectivity index (χ1v) is 5.57. The Morgan fingerprint density at radius 3 is 2.59 bits per heavy atom. The van der Waals surface area contributed by atoms with Gasteiger partial charge in [0.1, 0.15) is 0 Å². The zero-order chi connectivity index (χ0) is 12.5. The minimum atomic E-state index is -4.27. The molecule has 0 atom stereocenters. The van der Waals surface area contributed by atoms with Crippen LogP contribution >= 0.6 is 0 Å². The molecule has 1 fully saturated rings. The largest absolute Gasteiger partial charge is 0.416 e. The van der Waals surface area contributed by atoms with Crippen LogP contribution in [0.5, 0.6) is 0 Å². The van der Waals surface area contributed by atoms with Gasteiger partial charge in [-0.05, 0) is 31.7 Å². The van der Waals surface area contributed by atoms with E-state index in [1.165, 1.54) is 12.1 Å². The zero-order valence-corrected chi connectivity index (χ0v) is 9.67. The van der Waals surface area contributed by atoms with Crippen LogP contribution in [0.2, 0.25) is 0 Å². The molecule has 1 aliphatic heterocycles. The molecular weight excluding hydrogens is 229 g/mol. The molecular formula is C12H15F3N2. The summed E-state index contributed by atoms with van der Waals surface area (Å²) in [7, 11) is 1.97. The predicted octanol–water partition coefficient (Wildman–Crippen LogP) is 2.80. The minimum Gasteiger partial charge on any atom is -0.358 e. The molecule has 0 saturated carbocycles. The number of nitrogens with zero attached hydrogens (tertiary/aromatic N) is 2. The van der Waals surface area contributed by atoms with Crippen LogP contribution < -0.4 is 4.90 Å². The fourth-order valence-corrected chi connectivity index (χ4v) is 2.05. The van der Waals surface area contributed by atoms with Crippen LogP contribution in [0.3, 0.4) is 0 Å². The van der Waals surface area contributed by atoms with Crippen molar-refractivity contribution in [1.29, 1.82) is 0 Å². The first kappa shape index (κ1) is 12.2. The van der Waals surface area contributed by atoms with E-state index in [0.717, 1.165) is 25.6 Å². The molecule has 0 N–H and O–H groups in total. The van der Waals surface area contributed by atoms with Gasteiger partial charge in [-0.2, -0.15) is 13.2 Å². The van der Waals surface area contributed by atoms with Crippen molar-refractivity contribution < 1.29 is 13.2 Å². The molecule has 94 valence electrons. The van der Waals surface area contributed by atoms with Crippen molar-refractivity contribution in [2.45, 2.75) is 12.6 Å². The Kier molecular flexibility index (Phi) is 3.28. The van der Waals surface area contributed by atoms with Crippen molar-refractivity contribution in [3.63, 3.8) is 0 Å². The lowest BCUT2D eigenvalue weighted by atomic mass is 10.1. The van der Waals surface area contributed by atoms with Gasteiger partial charge in [-0.3, -0.25) is 4.90 Å². The first-order chi connectivity index (χ1) is 7.97. The molecule has 1 aromatic rings. The molecule has 0 bridgehead atoms. The van der Waals surface area contributed by atoms with E-state index in [1.807, 2.05) is 11.9 Å². The number of alkyl halides is 3. The highest BCUT2D eigenvalue weighted by Gasteiger charge is 2.31. The quantitative estimate of drug-likeness (QED) is 0.749. The molecule has 1 aliphatic rings. The molecule has 1 saturated heterocycles. The summed E-state index contributed by atoms with van der Waals surface area (Å²) in [4.78, 5) is 4.07. The summed E-state index contributed by atoms with van der Waals surface area (Å²) in [6.45, 7) is 2.49. The summed E-state index contributed by atoms with van der Waals surface area (Å²) in [5, 5.41) is 0. The van der Waals surface area contributed by atoms with Crippen molar-refractivity contribution >= 4 is 5.69 Å². The highest BCUT2D eigenvalue weighted by atomic mass is 19.4. The maximum absolute atomic E-state index is 12.6. The van der Waals surface area contributed by atoms with Crippen LogP contribution in [0, 0.1) is 0 Å². The van der Waals surface area contributed by atoms with Crippen LogP contribution in [0.25, 0.3) is 0 Å². The third-order valence-electron chi connectivity index (χ3n) is 2.92. The molecule has 0 aliphatic carbocycles. The Hall–Kier alpha value is -1.23. The van der Waals surface area contributed by atoms with Crippen molar-refractivity contribution in [3.8, 4) is 0 Å². The Labute approximate surface area is 98.6 Å². The summed E-state index contributed by atoms with van der Waals surface area (Å²) < 4.78 is 37.7. The van der Waals surface area contributed by atoms with E-state index in [2.05, 4.69) is 4.90 Å². The van der Waals surface area contributed by atoms with Gasteiger partial charge in [-0.1, -0.05) is 6.07 Å². The average Bonchev–Trinajstić information content (AvgIpc) is 2.28. The van der Waals surface area contributed by atoms with E-state index in [9.17, 15) is 13.2 Å². The lowest BCUT2D eigenvalue weighted by Crippen LogP contribution is -2.42. The van der Waals surface area contributed by atoms with E-state index < -0.39 is 11.7 Å². The highest BCUT2D eigenvalue weighted by molar-refractivity contribution is 5.49. The SMILES string of the molecule is CN1CCCN(c2cccc(C(F)(F)F)c2)C1. The summed E-state index contributed by atoms with van der Waals surface area (Å²) in [5.41, 5.74) is 0.0644. The molecule has 2 rings (SSSR count). The van der Waals surface area contributed by atoms with Gasteiger partial charge >= 0.3 is 6.18 Å². The number of hydrogen-bond donors (Lipinski definition) is 0. The third-order valence-corrected chi connectivity index (χ3v) is 2.92. The van der Waals surface area contributed by atoms with Gasteiger partial charge in [-0.15, -0.1) is 0 Å². The van der Waals surface area contributed by atoms with Gasteiger partial charge < -0.3 is 4.90 Å². The van der Waals surface area contributed by atoms with Crippen LogP contribution in [0.4, 0.5) is 18.9 Å². The molecule has 0 aromatic heterocycles. The van der Waals surface area contributed by atoms with E-state index in [1.54, 1.807) is 6.07 Å². The number of hydrogen-bond acceptors (Lipinski definition) is 2. The molecule has 5 heteroatoms. The second-order valence-corrected chi connectivity index (χ2v) is 4.39. The second kappa shape index (κ2) is 4.56. The van der Waals surface area contributed by atoms with Crippen molar-refractivity contribution in [1.82, 2.24) is 4.90 Å². The van der Waals surface area contributed by atoms with Crippen LogP contribution in [0.15, 0.2) is 24.3 Å². The van der Waals surface area contributed by atoms with Gasteiger partial charge in [0, 0.05) is 18.8 Å². The van der Waals surface area contributed by atoms with Crippen LogP contribution in [-0.2, 0) is 6.18 Å². The summed E-state index contributed by atoms with van der Waals surface area (Å²) in [6.07, 6.45) is -3.29. The van der Waals surface area contributed by atoms with Crippen molar-refractivity contribution in [2.24, 2.45) is 0 Å². The number of benzene rings is 1. The van der Waals surface area contributed by atoms with Gasteiger partial charge in [0.2, 0.25) is 0 Å². The number of halogens is 3. The molecule has 0 unspecified atom stereocenters. The first-order valence-electron chi connectivity index (χ1n) is 5.57. The molecule has 1 aromatic carbocycles. The minimum absolute atomic E-state index is 0.580. The molecule has 0 amide bonds. The van der Waals surface area contributed by atoms with Crippen LogP contribution in [0.1, 0.15) is 12.0 Å². The maximum atomic E-state index is 12.6. The second-order valence-electron chi connectivity index (χ2n) is 4.39. The van der Waals surface area contributed by atoms with Gasteiger partial charge in [0.05, 0.1) is 12.2 Å². The van der Waals surface area contributed by atoms with Crippen LogP contribution in [-0.4, -0.2) is 31.7 Å². The van der Waals surface area contributed by atoms with E-state index >= 15 is 0 Å². The van der Waals surface area contributed by atoms with Crippen molar-refractivity contribution in [3.05, 3.63) is 29.8 Å². The fourth-order valence-electron chi connectivity index (χ4n) is 2.05. The summed E-state index contributed by atoms with van der Waals surface area (Å²) in [6, 6.07) is 5.53. The molecule has 0 spiro atoms. The lowest BCUT2D eigenvalue weighted by Gasteiger charge is -2.35. The zero-order valence-electron chi connectivity index (χ0n) is 9.67. The Bertz CT molecular complexity index is 390. The summed E-state index contributed by atoms with van der Waals surface area (Å²) in [5.74, 6) is 0. The van der Waals surface area contributed by atoms with Gasteiger partial charge in [-0.25, -0.2) is 0 Å². The van der Waals surface area contributed by atoms with E-state index in [4.69, 9.17) is 0 Å². The smallest absolute Gasteiger partial charge is 0.358 e. The highest BCUT2D eigenvalue weighted by Crippen LogP contribution is 2.31. The predicted molar refractivity (Wildman–Crippen MR) is 60.9 cm³/mol. The summed E-state index contributed by atoms with van der Waals surface area (Å²) >= 11 is 0. The molecule has 17 heavy (non-hydrogen) atoms. The number of rotatable bonds is 1. The Balaban J connectivity index is 2.21. The van der Waals surface area contributed by atoms with Gasteiger partial charge in [0.25, 0.3) is 0 Å². The fraction of sp³-hybridized carbons (Fsp3) is 0.500. The third kappa shape index (κ3) is 2.91. The number of anilines is 1. The monoisotopic (exact) mass is 244 g/mol. The average molecular weight is 244 g/mol.